The van der Waals surface area contributed by atoms with Crippen molar-refractivity contribution in [3.8, 4) is 5.75 Å². The van der Waals surface area contributed by atoms with Crippen LogP contribution in [0.2, 0.25) is 5.02 Å². The van der Waals surface area contributed by atoms with Crippen LogP contribution in [0.1, 0.15) is 67.4 Å². The summed E-state index contributed by atoms with van der Waals surface area (Å²) in [5.74, 6) is -1.71. The summed E-state index contributed by atoms with van der Waals surface area (Å²) in [6, 6.07) is 10.4. The van der Waals surface area contributed by atoms with E-state index in [0.29, 0.717) is 55.5 Å². The zero-order valence-corrected chi connectivity index (χ0v) is 28.9. The Morgan fingerprint density at radius 3 is 2.71 bits per heavy atom. The topological polar surface area (TPSA) is 140 Å². The van der Waals surface area contributed by atoms with Crippen molar-refractivity contribution in [3.63, 3.8) is 0 Å². The predicted octanol–water partition coefficient (Wildman–Crippen LogP) is 3.70. The van der Waals surface area contributed by atoms with Crippen molar-refractivity contribution >= 4 is 33.2 Å². The second kappa shape index (κ2) is 13.5. The average molecular weight is 706 g/mol. The Labute approximate surface area is 286 Å². The standard InChI is InChI=1S/C35H45ClFN3O7S/c1-22-7-12-31(37)35(20-42,32(43)18-41)40-14-4-6-27(40)17-39-19-34(13-3-5-24-15-26(36)9-10-28(24)34)21-47-30-11-8-25(16-29(30)39)33(44)38-48(45,46)23(22)2/h8-12,15-16,22-23,27,32,41-43H,3-7,13-14,17-21H2,1-2H3,(H,38,44)/b31-12-/t22-,23+,27-,32-,34-,35+/m0/s1. The van der Waals surface area contributed by atoms with E-state index in [1.54, 1.807) is 30.0 Å². The Bertz CT molecular complexity index is 1690. The third-order valence-corrected chi connectivity index (χ3v) is 13.3. The monoisotopic (exact) mass is 705 g/mol. The number of sulfonamides is 1. The van der Waals surface area contributed by atoms with E-state index in [1.807, 2.05) is 12.1 Å². The van der Waals surface area contributed by atoms with Crippen molar-refractivity contribution in [2.45, 2.75) is 80.7 Å². The van der Waals surface area contributed by atoms with Crippen LogP contribution in [0.5, 0.6) is 5.75 Å². The van der Waals surface area contributed by atoms with Crippen LogP contribution in [0.25, 0.3) is 0 Å². The highest BCUT2D eigenvalue weighted by Gasteiger charge is 2.52. The van der Waals surface area contributed by atoms with Gasteiger partial charge in [0.25, 0.3) is 5.91 Å². The van der Waals surface area contributed by atoms with Crippen LogP contribution in [0.15, 0.2) is 48.3 Å². The van der Waals surface area contributed by atoms with Crippen molar-refractivity contribution in [2.75, 3.05) is 44.4 Å². The molecule has 0 unspecified atom stereocenters. The van der Waals surface area contributed by atoms with Crippen LogP contribution in [-0.4, -0.2) is 96.9 Å². The van der Waals surface area contributed by atoms with Gasteiger partial charge in [0.1, 0.15) is 23.2 Å². The molecule has 2 bridgehead atoms. The molecule has 13 heteroatoms. The second-order valence-corrected chi connectivity index (χ2v) is 16.5. The zero-order valence-electron chi connectivity index (χ0n) is 27.4. The largest absolute Gasteiger partial charge is 0.490 e. The highest BCUT2D eigenvalue weighted by atomic mass is 35.5. The molecule has 48 heavy (non-hydrogen) atoms. The van der Waals surface area contributed by atoms with E-state index < -0.39 is 63.2 Å². The number of carbonyl (C=O) groups is 1. The molecule has 2 aromatic rings. The fourth-order valence-electron chi connectivity index (χ4n) is 8.22. The number of aliphatic hydroxyl groups excluding tert-OH is 3. The van der Waals surface area contributed by atoms with Crippen molar-refractivity contribution in [1.29, 1.82) is 0 Å². The number of nitrogens with one attached hydrogen (secondary N) is 1. The van der Waals surface area contributed by atoms with Crippen LogP contribution in [0, 0.1) is 5.92 Å². The first-order chi connectivity index (χ1) is 22.8. The Balaban J connectivity index is 1.52. The lowest BCUT2D eigenvalue weighted by Gasteiger charge is -2.47. The van der Waals surface area contributed by atoms with Gasteiger partial charge >= 0.3 is 0 Å². The van der Waals surface area contributed by atoms with E-state index >= 15 is 4.39 Å². The molecule has 1 fully saturated rings. The maximum Gasteiger partial charge on any atom is 0.264 e. The molecule has 2 aromatic carbocycles. The number of aliphatic hydroxyl groups is 3. The van der Waals surface area contributed by atoms with Gasteiger partial charge in [-0.1, -0.05) is 30.7 Å². The maximum atomic E-state index is 16.6. The molecule has 6 rings (SSSR count). The number of fused-ring (bicyclic) bond motifs is 4. The lowest BCUT2D eigenvalue weighted by atomic mass is 9.70. The SMILES string of the molecule is C[C@@H]1[C@@H](C)C/C=C(\F)[C@](CO)([C@@H](O)CO)N2CCC[C@H]2CN2C[C@@]3(CCCc4cc(Cl)ccc43)COc3ccc(cc32)C(=O)NS1(=O)=O. The molecule has 1 aliphatic carbocycles. The van der Waals surface area contributed by atoms with E-state index in [-0.39, 0.29) is 18.0 Å². The van der Waals surface area contributed by atoms with Crippen molar-refractivity contribution in [1.82, 2.24) is 9.62 Å². The van der Waals surface area contributed by atoms with E-state index in [0.717, 1.165) is 30.4 Å². The van der Waals surface area contributed by atoms with Gasteiger partial charge in [-0.25, -0.2) is 17.5 Å². The summed E-state index contributed by atoms with van der Waals surface area (Å²) < 4.78 is 52.0. The molecule has 3 heterocycles. The quantitative estimate of drug-likeness (QED) is 0.377. The number of allylic oxidation sites excluding steroid dienone is 1. The third kappa shape index (κ3) is 6.13. The fraction of sp³-hybridized carbons (Fsp3) is 0.571. The highest BCUT2D eigenvalue weighted by molar-refractivity contribution is 7.90. The van der Waals surface area contributed by atoms with Gasteiger partial charge in [-0.2, -0.15) is 0 Å². The van der Waals surface area contributed by atoms with Gasteiger partial charge < -0.3 is 25.0 Å². The van der Waals surface area contributed by atoms with Crippen LogP contribution in [-0.2, 0) is 21.9 Å². The van der Waals surface area contributed by atoms with Gasteiger partial charge in [0, 0.05) is 35.1 Å². The smallest absolute Gasteiger partial charge is 0.264 e. The van der Waals surface area contributed by atoms with Gasteiger partial charge in [0.15, 0.2) is 0 Å². The molecule has 262 valence electrons. The minimum Gasteiger partial charge on any atom is -0.490 e. The van der Waals surface area contributed by atoms with Gasteiger partial charge in [0.05, 0.1) is 30.8 Å². The Morgan fingerprint density at radius 2 is 1.96 bits per heavy atom. The summed E-state index contributed by atoms with van der Waals surface area (Å²) in [7, 11) is -4.18. The molecular formula is C35H45ClFN3O7S. The van der Waals surface area contributed by atoms with Crippen LogP contribution in [0.4, 0.5) is 10.1 Å². The number of rotatable bonds is 3. The van der Waals surface area contributed by atoms with Crippen molar-refractivity contribution < 1.29 is 37.7 Å². The summed E-state index contributed by atoms with van der Waals surface area (Å²) in [4.78, 5) is 17.4. The van der Waals surface area contributed by atoms with Crippen LogP contribution < -0.4 is 14.4 Å². The van der Waals surface area contributed by atoms with E-state index in [9.17, 15) is 28.5 Å². The number of hydrogen-bond acceptors (Lipinski definition) is 9. The Hall–Kier alpha value is -2.74. The van der Waals surface area contributed by atoms with Gasteiger partial charge in [-0.05, 0) is 99.4 Å². The number of amides is 1. The Kier molecular flexibility index (Phi) is 9.89. The van der Waals surface area contributed by atoms with Crippen molar-refractivity contribution in [2.24, 2.45) is 5.92 Å². The normalized spacial score (nSPS) is 32.6. The molecule has 0 saturated carbocycles. The number of ether oxygens (including phenoxy) is 1. The highest BCUT2D eigenvalue weighted by Crippen LogP contribution is 2.46. The van der Waals surface area contributed by atoms with E-state index in [1.165, 1.54) is 13.0 Å². The summed E-state index contributed by atoms with van der Waals surface area (Å²) in [5, 5.41) is 31.8. The summed E-state index contributed by atoms with van der Waals surface area (Å²) in [6.45, 7) is 3.01. The zero-order chi connectivity index (χ0) is 34.4. The molecule has 4 aliphatic rings. The van der Waals surface area contributed by atoms with Gasteiger partial charge in [-0.15, -0.1) is 0 Å². The lowest BCUT2D eigenvalue weighted by molar-refractivity contribution is -0.0777. The molecule has 3 aliphatic heterocycles. The minimum absolute atomic E-state index is 0.0469. The number of nitrogens with zero attached hydrogens (tertiary/aromatic N) is 2. The molecule has 0 aromatic heterocycles. The molecule has 10 nitrogen and oxygen atoms in total. The molecule has 0 radical (unpaired) electrons. The van der Waals surface area contributed by atoms with E-state index in [4.69, 9.17) is 16.3 Å². The number of carbonyl (C=O) groups excluding carboxylic acids is 1. The molecular weight excluding hydrogens is 661 g/mol. The van der Waals surface area contributed by atoms with Crippen molar-refractivity contribution in [3.05, 3.63) is 70.0 Å². The summed E-state index contributed by atoms with van der Waals surface area (Å²) in [5.41, 5.74) is 0.616. The predicted molar refractivity (Wildman–Crippen MR) is 182 cm³/mol. The molecule has 1 saturated heterocycles. The summed E-state index contributed by atoms with van der Waals surface area (Å²) in [6.07, 6.45) is 3.40. The average Bonchev–Trinajstić information content (AvgIpc) is 3.47. The molecule has 1 spiro atoms. The molecule has 6 atom stereocenters. The fourth-order valence-corrected chi connectivity index (χ4v) is 9.70. The lowest BCUT2D eigenvalue weighted by Crippen LogP contribution is -2.64. The maximum absolute atomic E-state index is 16.6. The van der Waals surface area contributed by atoms with Crippen LogP contribution >= 0.6 is 11.6 Å². The first-order valence-electron chi connectivity index (χ1n) is 16.7. The van der Waals surface area contributed by atoms with E-state index in [2.05, 4.69) is 15.7 Å². The van der Waals surface area contributed by atoms with Gasteiger partial charge in [-0.3, -0.25) is 9.69 Å². The number of anilines is 1. The first-order valence-corrected chi connectivity index (χ1v) is 18.7. The number of aryl methyl sites for hydroxylation is 1. The third-order valence-electron chi connectivity index (χ3n) is 11.2. The summed E-state index contributed by atoms with van der Waals surface area (Å²) >= 11 is 6.40. The van der Waals surface area contributed by atoms with Crippen LogP contribution in [0.3, 0.4) is 0 Å². The molecule has 4 N–H and O–H groups in total. The number of hydrogen-bond donors (Lipinski definition) is 4. The Morgan fingerprint density at radius 1 is 1.17 bits per heavy atom. The minimum atomic E-state index is -4.18. The molecule has 1 amide bonds. The van der Waals surface area contributed by atoms with Gasteiger partial charge in [0.2, 0.25) is 10.0 Å². The number of benzene rings is 2. The first kappa shape index (κ1) is 35.1. The second-order valence-electron chi connectivity index (χ2n) is 14.0. The number of halogens is 2.